The molecule has 128 valence electrons. The molecule has 0 aliphatic heterocycles. The molecule has 0 spiro atoms. The van der Waals surface area contributed by atoms with Gasteiger partial charge >= 0.3 is 0 Å². The molecule has 1 aliphatic carbocycles. The Morgan fingerprint density at radius 1 is 1.35 bits per heavy atom. The van der Waals surface area contributed by atoms with Gasteiger partial charge in [-0.1, -0.05) is 23.7 Å². The number of hydrogen-bond donors (Lipinski definition) is 0. The highest BCUT2D eigenvalue weighted by atomic mass is 35.5. The molecule has 1 fully saturated rings. The Balaban J connectivity index is 2.19. The summed E-state index contributed by atoms with van der Waals surface area (Å²) < 4.78 is 26.8. The van der Waals surface area contributed by atoms with Crippen LogP contribution in [0.2, 0.25) is 5.02 Å². The second-order valence-corrected chi connectivity index (χ2v) is 9.23. The van der Waals surface area contributed by atoms with Gasteiger partial charge in [0.15, 0.2) is 0 Å². The molecular weight excluding hydrogens is 334 g/mol. The summed E-state index contributed by atoms with van der Waals surface area (Å²) in [6, 6.07) is 7.74. The van der Waals surface area contributed by atoms with Crippen LogP contribution in [0.1, 0.15) is 39.2 Å². The predicted octanol–water partition coefficient (Wildman–Crippen LogP) is 3.89. The number of hydrogen-bond acceptors (Lipinski definition) is 3. The molecule has 4 nitrogen and oxygen atoms in total. The molecule has 23 heavy (non-hydrogen) atoms. The summed E-state index contributed by atoms with van der Waals surface area (Å²) >= 11 is 5.98. The summed E-state index contributed by atoms with van der Waals surface area (Å²) in [5.74, 6) is 0. The number of nitrogens with zero attached hydrogens (tertiary/aromatic N) is 1. The maximum atomic E-state index is 12.2. The average Bonchev–Trinajstić information content (AvgIpc) is 2.45. The van der Waals surface area contributed by atoms with Crippen LogP contribution in [0.4, 0.5) is 0 Å². The van der Waals surface area contributed by atoms with E-state index in [1.54, 1.807) is 7.11 Å². The van der Waals surface area contributed by atoms with Crippen molar-refractivity contribution < 1.29 is 13.7 Å². The van der Waals surface area contributed by atoms with E-state index in [0.717, 1.165) is 18.4 Å². The number of methoxy groups -OCH3 is 1. The average molecular weight is 358 g/mol. The summed E-state index contributed by atoms with van der Waals surface area (Å²) in [6.45, 7) is 6.04. The van der Waals surface area contributed by atoms with Crippen molar-refractivity contribution >= 4 is 28.8 Å². The summed E-state index contributed by atoms with van der Waals surface area (Å²) in [5, 5.41) is 0.700. The van der Waals surface area contributed by atoms with Gasteiger partial charge in [0.25, 0.3) is 0 Å². The van der Waals surface area contributed by atoms with Crippen LogP contribution in [0.15, 0.2) is 28.7 Å². The van der Waals surface area contributed by atoms with Gasteiger partial charge in [-0.3, -0.25) is 0 Å². The normalized spacial score (nSPS) is 26.2. The molecular formula is C17H24ClNO3S. The first-order valence-corrected chi connectivity index (χ1v) is 9.09. The van der Waals surface area contributed by atoms with Crippen molar-refractivity contribution in [2.75, 3.05) is 13.9 Å². The smallest absolute Gasteiger partial charge is 0.146 e. The SMILES string of the molecule is COCOC1CC(C=NS(=O)C(C)(C)C)(c2ccc(Cl)cc2)C1. The molecule has 0 heterocycles. The van der Waals surface area contributed by atoms with Crippen LogP contribution in [0.3, 0.4) is 0 Å². The zero-order valence-electron chi connectivity index (χ0n) is 14.0. The molecule has 1 unspecified atom stereocenters. The Kier molecular flexibility index (Phi) is 6.00. The lowest BCUT2D eigenvalue weighted by atomic mass is 9.63. The van der Waals surface area contributed by atoms with Crippen LogP contribution < -0.4 is 0 Å². The maximum Gasteiger partial charge on any atom is 0.146 e. The highest BCUT2D eigenvalue weighted by molar-refractivity contribution is 7.85. The molecule has 0 amide bonds. The van der Waals surface area contributed by atoms with Crippen LogP contribution in [0.25, 0.3) is 0 Å². The van der Waals surface area contributed by atoms with Crippen molar-refractivity contribution in [3.63, 3.8) is 0 Å². The summed E-state index contributed by atoms with van der Waals surface area (Å²) in [6.07, 6.45) is 3.55. The van der Waals surface area contributed by atoms with Crippen LogP contribution in [-0.2, 0) is 25.9 Å². The summed E-state index contributed by atoms with van der Waals surface area (Å²) in [5.41, 5.74) is 0.873. The molecule has 0 radical (unpaired) electrons. The predicted molar refractivity (Wildman–Crippen MR) is 95.5 cm³/mol. The molecule has 2 rings (SSSR count). The highest BCUT2D eigenvalue weighted by Crippen LogP contribution is 2.44. The van der Waals surface area contributed by atoms with Crippen LogP contribution >= 0.6 is 11.6 Å². The zero-order chi connectivity index (χ0) is 17.1. The lowest BCUT2D eigenvalue weighted by Gasteiger charge is -2.45. The molecule has 0 N–H and O–H groups in total. The van der Waals surface area contributed by atoms with Crippen molar-refractivity contribution in [2.24, 2.45) is 4.40 Å². The van der Waals surface area contributed by atoms with Gasteiger partial charge in [-0.15, -0.1) is 0 Å². The van der Waals surface area contributed by atoms with E-state index in [1.165, 1.54) is 0 Å². The van der Waals surface area contributed by atoms with Crippen LogP contribution in [-0.4, -0.2) is 35.2 Å². The Morgan fingerprint density at radius 2 is 1.96 bits per heavy atom. The third kappa shape index (κ3) is 4.63. The van der Waals surface area contributed by atoms with Gasteiger partial charge in [-0.05, 0) is 51.3 Å². The number of benzene rings is 1. The molecule has 1 aromatic carbocycles. The van der Waals surface area contributed by atoms with E-state index in [4.69, 9.17) is 21.1 Å². The first-order chi connectivity index (χ1) is 10.8. The van der Waals surface area contributed by atoms with E-state index in [-0.39, 0.29) is 23.1 Å². The maximum absolute atomic E-state index is 12.2. The Morgan fingerprint density at radius 3 is 2.48 bits per heavy atom. The van der Waals surface area contributed by atoms with Gasteiger partial charge in [-0.2, -0.15) is 4.40 Å². The third-order valence-corrected chi connectivity index (χ3v) is 5.54. The van der Waals surface area contributed by atoms with Crippen LogP contribution in [0, 0.1) is 0 Å². The molecule has 1 aromatic rings. The second kappa shape index (κ2) is 7.43. The van der Waals surface area contributed by atoms with Crippen molar-refractivity contribution in [3.05, 3.63) is 34.9 Å². The van der Waals surface area contributed by atoms with E-state index in [1.807, 2.05) is 51.3 Å². The molecule has 1 aliphatic rings. The quantitative estimate of drug-likeness (QED) is 0.573. The molecule has 1 atom stereocenters. The lowest BCUT2D eigenvalue weighted by Crippen LogP contribution is -2.47. The van der Waals surface area contributed by atoms with E-state index >= 15 is 0 Å². The fourth-order valence-corrected chi connectivity index (χ4v) is 3.28. The molecule has 0 bridgehead atoms. The molecule has 0 saturated heterocycles. The minimum Gasteiger partial charge on any atom is -0.359 e. The van der Waals surface area contributed by atoms with E-state index < -0.39 is 11.0 Å². The van der Waals surface area contributed by atoms with E-state index in [2.05, 4.69) is 4.40 Å². The van der Waals surface area contributed by atoms with Crippen LogP contribution in [0.5, 0.6) is 0 Å². The van der Waals surface area contributed by atoms with Crippen molar-refractivity contribution in [2.45, 2.75) is 49.9 Å². The molecule has 6 heteroatoms. The van der Waals surface area contributed by atoms with Crippen molar-refractivity contribution in [3.8, 4) is 0 Å². The largest absolute Gasteiger partial charge is 0.359 e. The fraction of sp³-hybridized carbons (Fsp3) is 0.588. The Labute approximate surface area is 145 Å². The fourth-order valence-electron chi connectivity index (χ4n) is 2.54. The minimum atomic E-state index is -1.27. The zero-order valence-corrected chi connectivity index (χ0v) is 15.6. The minimum absolute atomic E-state index is 0.125. The van der Waals surface area contributed by atoms with Crippen molar-refractivity contribution in [1.29, 1.82) is 0 Å². The Hall–Kier alpha value is -0.750. The van der Waals surface area contributed by atoms with Gasteiger partial charge in [-0.25, -0.2) is 4.21 Å². The topological polar surface area (TPSA) is 47.9 Å². The van der Waals surface area contributed by atoms with Gasteiger partial charge < -0.3 is 9.47 Å². The molecule has 0 aromatic heterocycles. The Bertz CT molecular complexity index is 574. The highest BCUT2D eigenvalue weighted by Gasteiger charge is 2.45. The number of rotatable bonds is 6. The van der Waals surface area contributed by atoms with Crippen molar-refractivity contribution in [1.82, 2.24) is 0 Å². The van der Waals surface area contributed by atoms with Gasteiger partial charge in [0.2, 0.25) is 0 Å². The number of ether oxygens (including phenoxy) is 2. The van der Waals surface area contributed by atoms with Gasteiger partial charge in [0, 0.05) is 23.8 Å². The standard InChI is InChI=1S/C17H24ClNO3S/c1-16(2,3)23(20)19-11-17(9-15(10-17)22-12-21-4)13-5-7-14(18)8-6-13/h5-8,11,15H,9-10,12H2,1-4H3. The van der Waals surface area contributed by atoms with Gasteiger partial charge in [0.1, 0.15) is 17.8 Å². The summed E-state index contributed by atoms with van der Waals surface area (Å²) in [7, 11) is 0.342. The second-order valence-electron chi connectivity index (χ2n) is 6.86. The van der Waals surface area contributed by atoms with E-state index in [0.29, 0.717) is 5.02 Å². The van der Waals surface area contributed by atoms with E-state index in [9.17, 15) is 4.21 Å². The summed E-state index contributed by atoms with van der Waals surface area (Å²) in [4.78, 5) is 0. The monoisotopic (exact) mass is 357 g/mol. The lowest BCUT2D eigenvalue weighted by molar-refractivity contribution is -0.110. The number of halogens is 1. The first kappa shape index (κ1) is 18.6. The third-order valence-electron chi connectivity index (χ3n) is 3.94. The molecule has 1 saturated carbocycles. The first-order valence-electron chi connectivity index (χ1n) is 7.61. The van der Waals surface area contributed by atoms with Gasteiger partial charge in [0.05, 0.1) is 10.9 Å².